The summed E-state index contributed by atoms with van der Waals surface area (Å²) in [5, 5.41) is 14.8. The maximum atomic E-state index is 9.85. The van der Waals surface area contributed by atoms with Gasteiger partial charge in [-0.2, -0.15) is 0 Å². The van der Waals surface area contributed by atoms with Crippen molar-refractivity contribution in [2.45, 2.75) is 6.92 Å². The summed E-state index contributed by atoms with van der Waals surface area (Å²) in [5.74, 6) is 0.269. The van der Waals surface area contributed by atoms with Crippen molar-refractivity contribution in [3.63, 3.8) is 0 Å². The molecule has 8 aromatic rings. The molecule has 0 saturated heterocycles. The van der Waals surface area contributed by atoms with Crippen molar-refractivity contribution < 1.29 is 5.11 Å². The number of hydrogen-bond acceptors (Lipinski definition) is 1. The number of phenols is 1. The quantitative estimate of drug-likeness (QED) is 0.250. The third kappa shape index (κ3) is 3.38. The summed E-state index contributed by atoms with van der Waals surface area (Å²) in [6.07, 6.45) is 0. The Morgan fingerprint density at radius 2 is 0.850 bits per heavy atom. The van der Waals surface area contributed by atoms with Crippen molar-refractivity contribution in [1.29, 1.82) is 0 Å². The van der Waals surface area contributed by atoms with Crippen LogP contribution in [-0.2, 0) is 0 Å². The predicted molar refractivity (Wildman–Crippen MR) is 167 cm³/mol. The highest BCUT2D eigenvalue weighted by atomic mass is 16.3. The van der Waals surface area contributed by atoms with Gasteiger partial charge in [0.1, 0.15) is 5.75 Å². The Kier molecular flexibility index (Phi) is 4.89. The molecular formula is C37H26N2O. The molecule has 0 aliphatic carbocycles. The van der Waals surface area contributed by atoms with Crippen LogP contribution in [-0.4, -0.2) is 14.2 Å². The van der Waals surface area contributed by atoms with Crippen LogP contribution in [0.15, 0.2) is 133 Å². The van der Waals surface area contributed by atoms with Gasteiger partial charge in [-0.15, -0.1) is 0 Å². The summed E-state index contributed by atoms with van der Waals surface area (Å²) < 4.78 is 4.63. The third-order valence-corrected chi connectivity index (χ3v) is 8.08. The van der Waals surface area contributed by atoms with Gasteiger partial charge in [-0.25, -0.2) is 0 Å². The highest BCUT2D eigenvalue weighted by Crippen LogP contribution is 2.38. The molecule has 0 fully saturated rings. The van der Waals surface area contributed by atoms with E-state index in [4.69, 9.17) is 0 Å². The van der Waals surface area contributed by atoms with Crippen molar-refractivity contribution in [2.75, 3.05) is 0 Å². The Balaban J connectivity index is 1.34. The number of rotatable bonds is 3. The summed E-state index contributed by atoms with van der Waals surface area (Å²) in [5.41, 5.74) is 10.6. The van der Waals surface area contributed by atoms with Gasteiger partial charge in [0.05, 0.1) is 22.1 Å². The second-order valence-electron chi connectivity index (χ2n) is 10.5. The fourth-order valence-electron chi connectivity index (χ4n) is 6.16. The first-order valence-corrected chi connectivity index (χ1v) is 13.6. The van der Waals surface area contributed by atoms with Crippen molar-refractivity contribution in [2.24, 2.45) is 0 Å². The van der Waals surface area contributed by atoms with E-state index in [-0.39, 0.29) is 5.75 Å². The molecule has 0 saturated carbocycles. The molecule has 1 N–H and O–H groups in total. The molecule has 0 aliphatic heterocycles. The molecule has 0 amide bonds. The van der Waals surface area contributed by atoms with Crippen LogP contribution in [0, 0.1) is 6.92 Å². The highest BCUT2D eigenvalue weighted by Gasteiger charge is 2.15. The zero-order valence-electron chi connectivity index (χ0n) is 22.0. The van der Waals surface area contributed by atoms with Crippen LogP contribution in [0.3, 0.4) is 0 Å². The molecule has 2 heterocycles. The average molecular weight is 515 g/mol. The van der Waals surface area contributed by atoms with E-state index in [0.717, 1.165) is 16.7 Å². The zero-order valence-corrected chi connectivity index (χ0v) is 22.0. The van der Waals surface area contributed by atoms with E-state index in [1.54, 1.807) is 12.1 Å². The molecule has 0 atom stereocenters. The molecule has 3 heteroatoms. The Morgan fingerprint density at radius 3 is 1.35 bits per heavy atom. The van der Waals surface area contributed by atoms with Crippen LogP contribution in [0.2, 0.25) is 0 Å². The number of benzene rings is 6. The largest absolute Gasteiger partial charge is 0.508 e. The van der Waals surface area contributed by atoms with Crippen molar-refractivity contribution in [3.05, 3.63) is 139 Å². The first kappa shape index (κ1) is 22.7. The van der Waals surface area contributed by atoms with Gasteiger partial charge in [-0.3, -0.25) is 0 Å². The van der Waals surface area contributed by atoms with Gasteiger partial charge in [-0.1, -0.05) is 66.2 Å². The van der Waals surface area contributed by atoms with Gasteiger partial charge in [0, 0.05) is 32.9 Å². The summed E-state index contributed by atoms with van der Waals surface area (Å²) >= 11 is 0. The van der Waals surface area contributed by atoms with Crippen molar-refractivity contribution >= 4 is 43.6 Å². The number of fused-ring (bicyclic) bond motifs is 6. The van der Waals surface area contributed by atoms with Gasteiger partial charge < -0.3 is 14.2 Å². The molecule has 0 aliphatic rings. The smallest absolute Gasteiger partial charge is 0.115 e. The molecule has 2 aromatic heterocycles. The van der Waals surface area contributed by atoms with Crippen LogP contribution in [0.25, 0.3) is 66.1 Å². The lowest BCUT2D eigenvalue weighted by Gasteiger charge is -2.09. The Hall–Kier alpha value is -5.28. The fraction of sp³-hybridized carbons (Fsp3) is 0.0270. The second kappa shape index (κ2) is 8.62. The van der Waals surface area contributed by atoms with Gasteiger partial charge in [0.15, 0.2) is 0 Å². The lowest BCUT2D eigenvalue weighted by Crippen LogP contribution is -1.93. The average Bonchev–Trinajstić information content (AvgIpc) is 3.50. The highest BCUT2D eigenvalue weighted by molar-refractivity contribution is 6.12. The van der Waals surface area contributed by atoms with Crippen molar-refractivity contribution in [1.82, 2.24) is 9.13 Å². The maximum Gasteiger partial charge on any atom is 0.115 e. The SMILES string of the molecule is Cc1ccc(-n2c3ccccc3c3cc(-c4ccc5c(c4)c4ccccc4n5-c4ccc(O)cc4)ccc32)cc1. The standard InChI is InChI=1S/C37H26N2O/c1-24-10-14-27(15-11-24)38-34-8-4-2-6-30(34)32-22-25(12-20-36(32)38)26-13-21-37-33(23-26)31-7-3-5-9-35(31)39(37)28-16-18-29(40)19-17-28/h2-23,40H,1H3. The molecular weight excluding hydrogens is 488 g/mol. The van der Waals surface area contributed by atoms with Gasteiger partial charge in [0.2, 0.25) is 0 Å². The molecule has 6 aromatic carbocycles. The van der Waals surface area contributed by atoms with E-state index in [0.29, 0.717) is 0 Å². The number of para-hydroxylation sites is 2. The number of nitrogens with zero attached hydrogens (tertiary/aromatic N) is 2. The number of hydrogen-bond donors (Lipinski definition) is 1. The van der Waals surface area contributed by atoms with Crippen LogP contribution >= 0.6 is 0 Å². The summed E-state index contributed by atoms with van der Waals surface area (Å²) in [7, 11) is 0. The Bertz CT molecular complexity index is 2050. The molecule has 0 radical (unpaired) electrons. The molecule has 3 nitrogen and oxygen atoms in total. The normalized spacial score (nSPS) is 11.7. The third-order valence-electron chi connectivity index (χ3n) is 8.08. The number of aromatic nitrogens is 2. The van der Waals surface area contributed by atoms with Gasteiger partial charge >= 0.3 is 0 Å². The molecule has 0 bridgehead atoms. The van der Waals surface area contributed by atoms with Crippen LogP contribution in [0.5, 0.6) is 5.75 Å². The van der Waals surface area contributed by atoms with Crippen LogP contribution < -0.4 is 0 Å². The Morgan fingerprint density at radius 1 is 0.425 bits per heavy atom. The van der Waals surface area contributed by atoms with E-state index in [9.17, 15) is 5.11 Å². The number of aromatic hydroxyl groups is 1. The minimum atomic E-state index is 0.269. The molecule has 0 spiro atoms. The summed E-state index contributed by atoms with van der Waals surface area (Å²) in [4.78, 5) is 0. The zero-order chi connectivity index (χ0) is 26.8. The van der Waals surface area contributed by atoms with Gasteiger partial charge in [0.25, 0.3) is 0 Å². The number of aryl methyl sites for hydroxylation is 1. The fourth-order valence-corrected chi connectivity index (χ4v) is 6.16. The maximum absolute atomic E-state index is 9.85. The van der Waals surface area contributed by atoms with Crippen molar-refractivity contribution in [3.8, 4) is 28.3 Å². The monoisotopic (exact) mass is 514 g/mol. The minimum absolute atomic E-state index is 0.269. The summed E-state index contributed by atoms with van der Waals surface area (Å²) in [6.45, 7) is 2.13. The van der Waals surface area contributed by atoms with E-state index >= 15 is 0 Å². The second-order valence-corrected chi connectivity index (χ2v) is 10.5. The lowest BCUT2D eigenvalue weighted by molar-refractivity contribution is 0.475. The van der Waals surface area contributed by atoms with E-state index < -0.39 is 0 Å². The first-order chi connectivity index (χ1) is 19.7. The Labute approximate surface area is 231 Å². The van der Waals surface area contributed by atoms with Crippen LogP contribution in [0.1, 0.15) is 5.56 Å². The van der Waals surface area contributed by atoms with E-state index in [1.807, 2.05) is 12.1 Å². The van der Waals surface area contributed by atoms with E-state index in [2.05, 4.69) is 125 Å². The first-order valence-electron chi connectivity index (χ1n) is 13.6. The minimum Gasteiger partial charge on any atom is -0.508 e. The van der Waals surface area contributed by atoms with Gasteiger partial charge in [-0.05, 0) is 90.8 Å². The van der Waals surface area contributed by atoms with Crippen LogP contribution in [0.4, 0.5) is 0 Å². The predicted octanol–water partition coefficient (Wildman–Crippen LogP) is 9.56. The summed E-state index contributed by atoms with van der Waals surface area (Å²) in [6, 6.07) is 47.0. The molecule has 190 valence electrons. The lowest BCUT2D eigenvalue weighted by atomic mass is 10.0. The molecule has 8 rings (SSSR count). The number of phenolic OH excluding ortho intramolecular Hbond substituents is 1. The topological polar surface area (TPSA) is 30.1 Å². The van der Waals surface area contributed by atoms with E-state index in [1.165, 1.54) is 55.0 Å². The molecule has 0 unspecified atom stereocenters. The molecule has 40 heavy (non-hydrogen) atoms.